The van der Waals surface area contributed by atoms with Crippen LogP contribution in [0.3, 0.4) is 0 Å². The fraction of sp³-hybridized carbons (Fsp3) is 0.625. The van der Waals surface area contributed by atoms with Crippen molar-refractivity contribution >= 4 is 17.9 Å². The van der Waals surface area contributed by atoms with Gasteiger partial charge in [0.2, 0.25) is 11.8 Å². The molecule has 0 aliphatic carbocycles. The van der Waals surface area contributed by atoms with Crippen LogP contribution in [-0.4, -0.2) is 61.7 Å². The van der Waals surface area contributed by atoms with Gasteiger partial charge in [0.15, 0.2) is 0 Å². The molecule has 1 saturated heterocycles. The first kappa shape index (κ1) is 25.5. The van der Waals surface area contributed by atoms with Crippen molar-refractivity contribution in [1.29, 1.82) is 0 Å². The summed E-state index contributed by atoms with van der Waals surface area (Å²) in [4.78, 5) is 38.0. The van der Waals surface area contributed by atoms with E-state index in [-0.39, 0.29) is 24.8 Å². The first-order valence-electron chi connectivity index (χ1n) is 11.3. The predicted octanol–water partition coefficient (Wildman–Crippen LogP) is 2.90. The molecule has 8 nitrogen and oxygen atoms in total. The number of likely N-dealkylation sites (tertiary alicyclic amines) is 1. The standard InChI is InChI=1S/C24H37N3O5/c1-24(2,3)32-23(30)25-14-11-21(28)26-17-19-12-15-27(16-13-19)22(29)10-7-18-5-8-20(31-4)9-6-18/h5-6,8-9,19H,7,10-17H2,1-4H3,(H,25,30)(H,26,28). The van der Waals surface area contributed by atoms with Crippen molar-refractivity contribution in [2.45, 2.75) is 58.5 Å². The van der Waals surface area contributed by atoms with Gasteiger partial charge in [-0.05, 0) is 63.6 Å². The number of ether oxygens (including phenoxy) is 2. The number of alkyl carbamates (subject to hydrolysis) is 1. The van der Waals surface area contributed by atoms with Gasteiger partial charge in [-0.1, -0.05) is 12.1 Å². The first-order valence-corrected chi connectivity index (χ1v) is 11.3. The molecule has 1 aromatic carbocycles. The SMILES string of the molecule is COc1ccc(CCC(=O)N2CCC(CNC(=O)CCNC(=O)OC(C)(C)C)CC2)cc1. The zero-order valence-corrected chi connectivity index (χ0v) is 19.7. The molecule has 0 bridgehead atoms. The number of carbonyl (C=O) groups excluding carboxylic acids is 3. The molecular weight excluding hydrogens is 410 g/mol. The van der Waals surface area contributed by atoms with Crippen LogP contribution in [0.1, 0.15) is 52.0 Å². The molecule has 1 heterocycles. The van der Waals surface area contributed by atoms with Crippen molar-refractivity contribution in [2.75, 3.05) is 33.3 Å². The highest BCUT2D eigenvalue weighted by Gasteiger charge is 2.23. The fourth-order valence-electron chi connectivity index (χ4n) is 3.53. The monoisotopic (exact) mass is 447 g/mol. The number of hydrogen-bond donors (Lipinski definition) is 2. The molecule has 1 aliphatic rings. The second kappa shape index (κ2) is 12.3. The van der Waals surface area contributed by atoms with Crippen molar-refractivity contribution < 1.29 is 23.9 Å². The smallest absolute Gasteiger partial charge is 0.407 e. The highest BCUT2D eigenvalue weighted by Crippen LogP contribution is 2.18. The summed E-state index contributed by atoms with van der Waals surface area (Å²) in [6, 6.07) is 7.80. The Labute approximate surface area is 191 Å². The molecule has 1 fully saturated rings. The lowest BCUT2D eigenvalue weighted by Crippen LogP contribution is -2.42. The van der Waals surface area contributed by atoms with Crippen LogP contribution in [0, 0.1) is 5.92 Å². The quantitative estimate of drug-likeness (QED) is 0.607. The molecule has 2 rings (SSSR count). The van der Waals surface area contributed by atoms with E-state index in [2.05, 4.69) is 10.6 Å². The third-order valence-corrected chi connectivity index (χ3v) is 5.36. The molecule has 2 N–H and O–H groups in total. The van der Waals surface area contributed by atoms with E-state index < -0.39 is 11.7 Å². The summed E-state index contributed by atoms with van der Waals surface area (Å²) in [5.74, 6) is 1.26. The summed E-state index contributed by atoms with van der Waals surface area (Å²) in [5.41, 5.74) is 0.566. The third kappa shape index (κ3) is 9.58. The van der Waals surface area contributed by atoms with Gasteiger partial charge in [0.1, 0.15) is 11.4 Å². The number of benzene rings is 1. The zero-order chi connectivity index (χ0) is 23.6. The number of amides is 3. The Kier molecular flexibility index (Phi) is 9.81. The molecule has 32 heavy (non-hydrogen) atoms. The lowest BCUT2D eigenvalue weighted by molar-refractivity contribution is -0.132. The molecule has 0 atom stereocenters. The first-order chi connectivity index (χ1) is 15.2. The maximum absolute atomic E-state index is 12.5. The summed E-state index contributed by atoms with van der Waals surface area (Å²) in [7, 11) is 1.64. The second-order valence-corrected chi connectivity index (χ2v) is 9.15. The van der Waals surface area contributed by atoms with Crippen molar-refractivity contribution in [3.63, 3.8) is 0 Å². The number of nitrogens with zero attached hydrogens (tertiary/aromatic N) is 1. The summed E-state index contributed by atoms with van der Waals surface area (Å²) in [6.45, 7) is 7.66. The summed E-state index contributed by atoms with van der Waals surface area (Å²) in [6.07, 6.45) is 2.67. The van der Waals surface area contributed by atoms with Crippen molar-refractivity contribution in [3.8, 4) is 5.75 Å². The highest BCUT2D eigenvalue weighted by atomic mass is 16.6. The topological polar surface area (TPSA) is 97.0 Å². The predicted molar refractivity (Wildman–Crippen MR) is 122 cm³/mol. The van der Waals surface area contributed by atoms with Gasteiger partial charge in [-0.15, -0.1) is 0 Å². The Morgan fingerprint density at radius 1 is 1.03 bits per heavy atom. The maximum Gasteiger partial charge on any atom is 0.407 e. The number of nitrogens with one attached hydrogen (secondary N) is 2. The molecule has 0 saturated carbocycles. The molecule has 178 valence electrons. The van der Waals surface area contributed by atoms with E-state index in [1.165, 1.54) is 0 Å². The number of carbonyl (C=O) groups is 3. The lowest BCUT2D eigenvalue weighted by Gasteiger charge is -2.32. The molecule has 0 unspecified atom stereocenters. The average Bonchev–Trinajstić information content (AvgIpc) is 2.75. The van der Waals surface area contributed by atoms with Crippen LogP contribution in [0.25, 0.3) is 0 Å². The number of methoxy groups -OCH3 is 1. The second-order valence-electron chi connectivity index (χ2n) is 9.15. The van der Waals surface area contributed by atoms with Crippen LogP contribution < -0.4 is 15.4 Å². The molecule has 8 heteroatoms. The zero-order valence-electron chi connectivity index (χ0n) is 19.7. The molecule has 3 amide bonds. The molecule has 0 spiro atoms. The van der Waals surface area contributed by atoms with Crippen molar-refractivity contribution in [3.05, 3.63) is 29.8 Å². The van der Waals surface area contributed by atoms with E-state index in [1.807, 2.05) is 29.2 Å². The highest BCUT2D eigenvalue weighted by molar-refractivity contribution is 5.77. The Balaban J connectivity index is 1.58. The van der Waals surface area contributed by atoms with Crippen molar-refractivity contribution in [2.24, 2.45) is 5.92 Å². The molecule has 0 radical (unpaired) electrons. The third-order valence-electron chi connectivity index (χ3n) is 5.36. The Morgan fingerprint density at radius 2 is 1.69 bits per heavy atom. The van der Waals surface area contributed by atoms with Crippen molar-refractivity contribution in [1.82, 2.24) is 15.5 Å². The number of rotatable bonds is 9. The van der Waals surface area contributed by atoms with Gasteiger partial charge in [-0.3, -0.25) is 9.59 Å². The minimum Gasteiger partial charge on any atom is -0.497 e. The molecule has 0 aromatic heterocycles. The van der Waals surface area contributed by atoms with E-state index >= 15 is 0 Å². The summed E-state index contributed by atoms with van der Waals surface area (Å²) in [5, 5.41) is 5.51. The maximum atomic E-state index is 12.5. The van der Waals surface area contributed by atoms with E-state index in [1.54, 1.807) is 27.9 Å². The van der Waals surface area contributed by atoms with Crippen LogP contribution in [0.15, 0.2) is 24.3 Å². The number of aryl methyl sites for hydroxylation is 1. The van der Waals surface area contributed by atoms with Crippen LogP contribution in [0.2, 0.25) is 0 Å². The fourth-order valence-corrected chi connectivity index (χ4v) is 3.53. The lowest BCUT2D eigenvalue weighted by atomic mass is 9.96. The van der Waals surface area contributed by atoms with Gasteiger partial charge in [-0.25, -0.2) is 4.79 Å². The van der Waals surface area contributed by atoms with Gasteiger partial charge in [0, 0.05) is 39.0 Å². The van der Waals surface area contributed by atoms with Crippen LogP contribution in [0.5, 0.6) is 5.75 Å². The molecule has 1 aliphatic heterocycles. The minimum absolute atomic E-state index is 0.0981. The van der Waals surface area contributed by atoms with Gasteiger partial charge in [0.25, 0.3) is 0 Å². The van der Waals surface area contributed by atoms with Gasteiger partial charge in [0.05, 0.1) is 7.11 Å². The number of piperidine rings is 1. The van der Waals surface area contributed by atoms with Crippen LogP contribution >= 0.6 is 0 Å². The summed E-state index contributed by atoms with van der Waals surface area (Å²) < 4.78 is 10.3. The van der Waals surface area contributed by atoms with Crippen LogP contribution in [-0.2, 0) is 20.7 Å². The molecular formula is C24H37N3O5. The number of hydrogen-bond acceptors (Lipinski definition) is 5. The summed E-state index contributed by atoms with van der Waals surface area (Å²) >= 11 is 0. The van der Waals surface area contributed by atoms with Crippen LogP contribution in [0.4, 0.5) is 4.79 Å². The minimum atomic E-state index is -0.557. The largest absolute Gasteiger partial charge is 0.497 e. The Bertz CT molecular complexity index is 750. The van der Waals surface area contributed by atoms with Gasteiger partial charge in [-0.2, -0.15) is 0 Å². The normalized spacial score (nSPS) is 14.6. The van der Waals surface area contributed by atoms with E-state index in [0.717, 1.165) is 43.7 Å². The van der Waals surface area contributed by atoms with E-state index in [0.29, 0.717) is 18.9 Å². The van der Waals surface area contributed by atoms with Gasteiger partial charge >= 0.3 is 6.09 Å². The average molecular weight is 448 g/mol. The Morgan fingerprint density at radius 3 is 2.28 bits per heavy atom. The van der Waals surface area contributed by atoms with Gasteiger partial charge < -0.3 is 25.0 Å². The Hall–Kier alpha value is -2.77. The molecule has 1 aromatic rings. The van der Waals surface area contributed by atoms with E-state index in [4.69, 9.17) is 9.47 Å². The van der Waals surface area contributed by atoms with E-state index in [9.17, 15) is 14.4 Å².